The van der Waals surface area contributed by atoms with Gasteiger partial charge in [0.25, 0.3) is 0 Å². The third kappa shape index (κ3) is 4.70. The predicted molar refractivity (Wildman–Crippen MR) is 227 cm³/mol. The van der Waals surface area contributed by atoms with E-state index in [0.717, 1.165) is 0 Å². The highest BCUT2D eigenvalue weighted by Crippen LogP contribution is 2.43. The topological polar surface area (TPSA) is 0 Å². The fraction of sp³-hybridized carbons (Fsp3) is 0. The lowest BCUT2D eigenvalue weighted by molar-refractivity contribution is 1.63. The Morgan fingerprint density at radius 2 is 0.706 bits per heavy atom. The first-order valence-corrected chi connectivity index (χ1v) is 19.7. The molecule has 3 heterocycles. The highest BCUT2D eigenvalue weighted by atomic mass is 32.1. The van der Waals surface area contributed by atoms with Crippen molar-refractivity contribution in [2.75, 3.05) is 0 Å². The smallest absolute Gasteiger partial charge is 0.0433 e. The van der Waals surface area contributed by atoms with E-state index < -0.39 is 0 Å². The normalized spacial score (nSPS) is 11.9. The van der Waals surface area contributed by atoms with Crippen LogP contribution in [0.15, 0.2) is 170 Å². The standard InChI is InChI=1S/C48H28S3/c1-3-12-42-37(7-1)38-11-5-10-36(48(38)51-42)32-21-17-30(18-22-32)34-24-26-45-41(28-34)40-27-33(23-25-44(40)49-45)29-15-19-31(20-16-29)35-9-6-14-46-47(35)39-8-2-4-13-43(39)50-46/h1-28H. The van der Waals surface area contributed by atoms with Gasteiger partial charge >= 0.3 is 0 Å². The van der Waals surface area contributed by atoms with Crippen molar-refractivity contribution in [1.82, 2.24) is 0 Å². The van der Waals surface area contributed by atoms with E-state index >= 15 is 0 Å². The lowest BCUT2D eigenvalue weighted by atomic mass is 9.96. The van der Waals surface area contributed by atoms with Gasteiger partial charge in [0.2, 0.25) is 0 Å². The van der Waals surface area contributed by atoms with Gasteiger partial charge < -0.3 is 0 Å². The zero-order valence-corrected chi connectivity index (χ0v) is 29.8. The van der Waals surface area contributed by atoms with Gasteiger partial charge in [-0.2, -0.15) is 0 Å². The molecule has 238 valence electrons. The summed E-state index contributed by atoms with van der Waals surface area (Å²) >= 11 is 5.64. The van der Waals surface area contributed by atoms with Gasteiger partial charge in [0.05, 0.1) is 0 Å². The molecule has 0 nitrogen and oxygen atoms in total. The lowest BCUT2D eigenvalue weighted by Crippen LogP contribution is -1.82. The first-order valence-electron chi connectivity index (χ1n) is 17.2. The summed E-state index contributed by atoms with van der Waals surface area (Å²) in [5.41, 5.74) is 10.1. The molecule has 0 unspecified atom stereocenters. The molecule has 11 aromatic rings. The number of hydrogen-bond donors (Lipinski definition) is 0. The molecule has 3 aromatic heterocycles. The lowest BCUT2D eigenvalue weighted by Gasteiger charge is -2.08. The summed E-state index contributed by atoms with van der Waals surface area (Å²) in [4.78, 5) is 0. The maximum atomic E-state index is 2.38. The van der Waals surface area contributed by atoms with Crippen LogP contribution in [0.3, 0.4) is 0 Å². The van der Waals surface area contributed by atoms with E-state index in [0.29, 0.717) is 0 Å². The SMILES string of the molecule is c1ccc2c(c1)sc1c(-c3ccc(-c4ccc5sc6ccc(-c7ccc(-c8cccc9sc%10ccccc%10c89)cc7)cc6c5c4)cc3)cccc12. The molecule has 51 heavy (non-hydrogen) atoms. The summed E-state index contributed by atoms with van der Waals surface area (Å²) in [6.07, 6.45) is 0. The van der Waals surface area contributed by atoms with Crippen molar-refractivity contribution in [3.63, 3.8) is 0 Å². The van der Waals surface area contributed by atoms with E-state index in [2.05, 4.69) is 170 Å². The molecular formula is C48H28S3. The Bertz CT molecular complexity index is 3120. The van der Waals surface area contributed by atoms with E-state index in [1.54, 1.807) is 0 Å². The summed E-state index contributed by atoms with van der Waals surface area (Å²) < 4.78 is 8.03. The largest absolute Gasteiger partial charge is 0.135 e. The van der Waals surface area contributed by atoms with Gasteiger partial charge in [-0.15, -0.1) is 34.0 Å². The first kappa shape index (κ1) is 29.2. The van der Waals surface area contributed by atoms with Crippen LogP contribution in [0, 0.1) is 0 Å². The highest BCUT2D eigenvalue weighted by Gasteiger charge is 2.14. The number of fused-ring (bicyclic) bond motifs is 9. The Kier molecular flexibility index (Phi) is 6.57. The molecule has 0 aliphatic carbocycles. The molecule has 8 aromatic carbocycles. The minimum atomic E-state index is 1.24. The van der Waals surface area contributed by atoms with Crippen LogP contribution < -0.4 is 0 Å². The summed E-state index contributed by atoms with van der Waals surface area (Å²) in [5.74, 6) is 0. The molecule has 0 radical (unpaired) electrons. The molecule has 0 spiro atoms. The maximum absolute atomic E-state index is 2.38. The number of thiophene rings is 3. The van der Waals surface area contributed by atoms with Crippen LogP contribution in [0.2, 0.25) is 0 Å². The Balaban J connectivity index is 0.937. The summed E-state index contributed by atoms with van der Waals surface area (Å²) in [7, 11) is 0. The molecule has 0 aliphatic rings. The highest BCUT2D eigenvalue weighted by molar-refractivity contribution is 7.26. The number of hydrogen-bond acceptors (Lipinski definition) is 3. The summed E-state index contributed by atoms with van der Waals surface area (Å²) in [6.45, 7) is 0. The maximum Gasteiger partial charge on any atom is 0.0433 e. The molecule has 0 atom stereocenters. The molecule has 0 amide bonds. The van der Waals surface area contributed by atoms with Crippen molar-refractivity contribution in [2.45, 2.75) is 0 Å². The van der Waals surface area contributed by atoms with Gasteiger partial charge in [-0.3, -0.25) is 0 Å². The van der Waals surface area contributed by atoms with E-state index in [4.69, 9.17) is 0 Å². The van der Waals surface area contributed by atoms with Crippen molar-refractivity contribution < 1.29 is 0 Å². The van der Waals surface area contributed by atoms with Gasteiger partial charge in [-0.1, -0.05) is 127 Å². The van der Waals surface area contributed by atoms with Crippen LogP contribution >= 0.6 is 34.0 Å². The van der Waals surface area contributed by atoms with Crippen LogP contribution in [0.5, 0.6) is 0 Å². The van der Waals surface area contributed by atoms with Crippen LogP contribution in [0.1, 0.15) is 0 Å². The molecule has 0 aliphatic heterocycles. The van der Waals surface area contributed by atoms with Crippen molar-refractivity contribution >= 4 is 94.5 Å². The van der Waals surface area contributed by atoms with Gasteiger partial charge in [0, 0.05) is 60.5 Å². The molecule has 0 saturated heterocycles. The summed E-state index contributed by atoms with van der Waals surface area (Å²) in [5, 5.41) is 8.02. The zero-order valence-electron chi connectivity index (χ0n) is 27.4. The van der Waals surface area contributed by atoms with Crippen LogP contribution in [-0.2, 0) is 0 Å². The van der Waals surface area contributed by atoms with E-state index in [1.807, 2.05) is 34.0 Å². The quantitative estimate of drug-likeness (QED) is 0.171. The number of benzene rings is 8. The monoisotopic (exact) mass is 700 g/mol. The van der Waals surface area contributed by atoms with Gasteiger partial charge in [-0.05, 0) is 87.0 Å². The van der Waals surface area contributed by atoms with Gasteiger partial charge in [0.15, 0.2) is 0 Å². The first-order chi connectivity index (χ1) is 25.2. The van der Waals surface area contributed by atoms with Crippen molar-refractivity contribution in [3.8, 4) is 44.5 Å². The van der Waals surface area contributed by atoms with Crippen molar-refractivity contribution in [1.29, 1.82) is 0 Å². The Hall–Kier alpha value is -5.58. The molecule has 0 N–H and O–H groups in total. The van der Waals surface area contributed by atoms with Crippen LogP contribution in [-0.4, -0.2) is 0 Å². The molecular weight excluding hydrogens is 673 g/mol. The minimum absolute atomic E-state index is 1.24. The van der Waals surface area contributed by atoms with Crippen molar-refractivity contribution in [2.24, 2.45) is 0 Å². The van der Waals surface area contributed by atoms with Crippen molar-refractivity contribution in [3.05, 3.63) is 170 Å². The third-order valence-corrected chi connectivity index (χ3v) is 13.8. The fourth-order valence-corrected chi connectivity index (χ4v) is 11.2. The second-order valence-electron chi connectivity index (χ2n) is 13.2. The van der Waals surface area contributed by atoms with E-state index in [9.17, 15) is 0 Å². The molecule has 0 bridgehead atoms. The van der Waals surface area contributed by atoms with E-state index in [-0.39, 0.29) is 0 Å². The fourth-order valence-electron chi connectivity index (χ4n) is 7.81. The predicted octanol–water partition coefficient (Wildman–Crippen LogP) is 15.5. The Morgan fingerprint density at radius 1 is 0.255 bits per heavy atom. The molecule has 3 heteroatoms. The van der Waals surface area contributed by atoms with Gasteiger partial charge in [-0.25, -0.2) is 0 Å². The second kappa shape index (κ2) is 11.5. The number of rotatable bonds is 4. The van der Waals surface area contributed by atoms with Crippen LogP contribution in [0.25, 0.3) is 105 Å². The Labute approximate surface area is 307 Å². The second-order valence-corrected chi connectivity index (χ2v) is 16.5. The Morgan fingerprint density at radius 3 is 1.39 bits per heavy atom. The average Bonchev–Trinajstić information content (AvgIpc) is 3.89. The molecule has 0 fully saturated rings. The molecule has 0 saturated carbocycles. The van der Waals surface area contributed by atoms with Crippen LogP contribution in [0.4, 0.5) is 0 Å². The molecule has 11 rings (SSSR count). The van der Waals surface area contributed by atoms with Gasteiger partial charge in [0.1, 0.15) is 0 Å². The minimum Gasteiger partial charge on any atom is -0.135 e. The average molecular weight is 701 g/mol. The van der Waals surface area contributed by atoms with E-state index in [1.165, 1.54) is 105 Å². The third-order valence-electron chi connectivity index (χ3n) is 10.3. The zero-order chi connectivity index (χ0) is 33.5. The summed E-state index contributed by atoms with van der Waals surface area (Å²) in [6, 6.07) is 63.1.